The van der Waals surface area contributed by atoms with Crippen LogP contribution >= 0.6 is 0 Å². The normalized spacial score (nSPS) is 18.7. The third-order valence-electron chi connectivity index (χ3n) is 3.32. The van der Waals surface area contributed by atoms with Crippen LogP contribution in [0, 0.1) is 5.92 Å². The maximum absolute atomic E-state index is 5.78. The smallest absolute Gasteiger partial charge is 0.278 e. The third-order valence-corrected chi connectivity index (χ3v) is 3.32. The topological polar surface area (TPSA) is 56.3 Å². The zero-order valence-electron chi connectivity index (χ0n) is 10.9. The first-order valence-corrected chi connectivity index (χ1v) is 6.51. The molecule has 19 heavy (non-hydrogen) atoms. The van der Waals surface area contributed by atoms with Crippen LogP contribution in [0.5, 0.6) is 11.8 Å². The van der Waals surface area contributed by atoms with Gasteiger partial charge in [-0.25, -0.2) is 9.97 Å². The molecule has 1 fully saturated rings. The van der Waals surface area contributed by atoms with Gasteiger partial charge in [-0.15, -0.1) is 0 Å². The number of ether oxygens (including phenoxy) is 2. The van der Waals surface area contributed by atoms with Crippen LogP contribution in [0.2, 0.25) is 0 Å². The fourth-order valence-corrected chi connectivity index (χ4v) is 2.25. The van der Waals surface area contributed by atoms with E-state index in [1.807, 2.05) is 24.3 Å². The predicted octanol–water partition coefficient (Wildman–Crippen LogP) is 1.63. The van der Waals surface area contributed by atoms with E-state index in [4.69, 9.17) is 9.47 Å². The van der Waals surface area contributed by atoms with E-state index in [-0.39, 0.29) is 0 Å². The minimum Gasteiger partial charge on any atom is -0.477 e. The van der Waals surface area contributed by atoms with Gasteiger partial charge in [0, 0.05) is 12.5 Å². The van der Waals surface area contributed by atoms with Crippen LogP contribution in [-0.4, -0.2) is 36.8 Å². The van der Waals surface area contributed by atoms with Gasteiger partial charge in [-0.1, -0.05) is 12.1 Å². The molecule has 100 valence electrons. The first kappa shape index (κ1) is 12.2. The lowest BCUT2D eigenvalue weighted by molar-refractivity contribution is 0.236. The van der Waals surface area contributed by atoms with Crippen molar-refractivity contribution in [3.8, 4) is 11.8 Å². The van der Waals surface area contributed by atoms with Gasteiger partial charge in [0.2, 0.25) is 0 Å². The molecule has 0 bridgehead atoms. The van der Waals surface area contributed by atoms with Crippen molar-refractivity contribution in [2.45, 2.75) is 6.42 Å². The molecule has 0 aliphatic carbocycles. The Morgan fingerprint density at radius 2 is 1.95 bits per heavy atom. The second-order valence-electron chi connectivity index (χ2n) is 4.70. The van der Waals surface area contributed by atoms with Gasteiger partial charge in [-0.05, 0) is 25.1 Å². The van der Waals surface area contributed by atoms with E-state index in [1.165, 1.54) is 0 Å². The average Bonchev–Trinajstić information content (AvgIpc) is 2.97. The summed E-state index contributed by atoms with van der Waals surface area (Å²) in [5.74, 6) is 1.47. The zero-order chi connectivity index (χ0) is 13.1. The Kier molecular flexibility index (Phi) is 3.46. The number of nitrogens with zero attached hydrogens (tertiary/aromatic N) is 2. The van der Waals surface area contributed by atoms with Crippen LogP contribution < -0.4 is 14.8 Å². The molecule has 1 aromatic heterocycles. The summed E-state index contributed by atoms with van der Waals surface area (Å²) in [6.07, 6.45) is 1.14. The molecule has 1 N–H and O–H groups in total. The lowest BCUT2D eigenvalue weighted by Gasteiger charge is -2.12. The number of nitrogens with one attached hydrogen (secondary N) is 1. The monoisotopic (exact) mass is 259 g/mol. The molecule has 1 aromatic carbocycles. The molecule has 0 amide bonds. The lowest BCUT2D eigenvalue weighted by Crippen LogP contribution is -2.16. The first-order chi connectivity index (χ1) is 9.36. The van der Waals surface area contributed by atoms with Gasteiger partial charge in [0.15, 0.2) is 0 Å². The van der Waals surface area contributed by atoms with E-state index in [0.29, 0.717) is 24.3 Å². The molecule has 5 nitrogen and oxygen atoms in total. The highest BCUT2D eigenvalue weighted by atomic mass is 16.5. The Bertz CT molecular complexity index is 568. The van der Waals surface area contributed by atoms with Crippen molar-refractivity contribution in [1.29, 1.82) is 0 Å². The highest BCUT2D eigenvalue weighted by molar-refractivity contribution is 5.75. The van der Waals surface area contributed by atoms with Gasteiger partial charge in [0.25, 0.3) is 11.8 Å². The van der Waals surface area contributed by atoms with Crippen LogP contribution in [0.1, 0.15) is 6.42 Å². The number of hydrogen-bond acceptors (Lipinski definition) is 5. The van der Waals surface area contributed by atoms with E-state index in [0.717, 1.165) is 30.5 Å². The van der Waals surface area contributed by atoms with E-state index in [2.05, 4.69) is 15.3 Å². The summed E-state index contributed by atoms with van der Waals surface area (Å²) in [5.41, 5.74) is 1.64. The van der Waals surface area contributed by atoms with E-state index in [9.17, 15) is 0 Å². The second-order valence-corrected chi connectivity index (χ2v) is 4.70. The van der Waals surface area contributed by atoms with Crippen molar-refractivity contribution >= 4 is 11.0 Å². The molecule has 5 heteroatoms. The average molecular weight is 259 g/mol. The van der Waals surface area contributed by atoms with Crippen molar-refractivity contribution in [1.82, 2.24) is 15.3 Å². The van der Waals surface area contributed by atoms with Gasteiger partial charge in [0.05, 0.1) is 24.8 Å². The number of para-hydroxylation sites is 2. The van der Waals surface area contributed by atoms with E-state index in [1.54, 1.807) is 7.11 Å². The summed E-state index contributed by atoms with van der Waals surface area (Å²) in [7, 11) is 1.59. The summed E-state index contributed by atoms with van der Waals surface area (Å²) in [5, 5.41) is 3.32. The second kappa shape index (κ2) is 5.40. The fourth-order valence-electron chi connectivity index (χ4n) is 2.25. The summed E-state index contributed by atoms with van der Waals surface area (Å²) < 4.78 is 11.0. The van der Waals surface area contributed by atoms with Crippen molar-refractivity contribution in [2.24, 2.45) is 5.92 Å². The molecule has 3 rings (SSSR count). The molecule has 0 radical (unpaired) electrons. The van der Waals surface area contributed by atoms with Crippen LogP contribution in [0.3, 0.4) is 0 Å². The quantitative estimate of drug-likeness (QED) is 0.904. The Morgan fingerprint density at radius 1 is 1.21 bits per heavy atom. The van der Waals surface area contributed by atoms with Crippen molar-refractivity contribution < 1.29 is 9.47 Å². The maximum atomic E-state index is 5.78. The zero-order valence-corrected chi connectivity index (χ0v) is 10.9. The molecule has 1 aliphatic rings. The minimum atomic E-state index is 0.449. The van der Waals surface area contributed by atoms with Crippen LogP contribution in [0.25, 0.3) is 11.0 Å². The lowest BCUT2D eigenvalue weighted by atomic mass is 10.1. The minimum absolute atomic E-state index is 0.449. The highest BCUT2D eigenvalue weighted by Gasteiger charge is 2.17. The van der Waals surface area contributed by atoms with Gasteiger partial charge in [-0.2, -0.15) is 0 Å². The summed E-state index contributed by atoms with van der Waals surface area (Å²) >= 11 is 0. The predicted molar refractivity (Wildman–Crippen MR) is 72.6 cm³/mol. The molecular weight excluding hydrogens is 242 g/mol. The van der Waals surface area contributed by atoms with Gasteiger partial charge < -0.3 is 14.8 Å². The van der Waals surface area contributed by atoms with Crippen LogP contribution in [0.4, 0.5) is 0 Å². The van der Waals surface area contributed by atoms with Crippen molar-refractivity contribution in [2.75, 3.05) is 26.8 Å². The van der Waals surface area contributed by atoms with Crippen molar-refractivity contribution in [3.05, 3.63) is 24.3 Å². The summed E-state index contributed by atoms with van der Waals surface area (Å²) in [6.45, 7) is 2.72. The number of methoxy groups -OCH3 is 1. The number of hydrogen-bond donors (Lipinski definition) is 1. The fraction of sp³-hybridized carbons (Fsp3) is 0.429. The molecule has 1 saturated heterocycles. The molecule has 0 unspecified atom stereocenters. The molecule has 1 atom stereocenters. The number of benzene rings is 1. The maximum Gasteiger partial charge on any atom is 0.278 e. The number of fused-ring (bicyclic) bond motifs is 1. The third kappa shape index (κ3) is 2.61. The molecule has 0 saturated carbocycles. The first-order valence-electron chi connectivity index (χ1n) is 6.51. The molecular formula is C14H17N3O2. The SMILES string of the molecule is COc1nc2ccccc2nc1OC[C@@H]1CCNC1. The van der Waals surface area contributed by atoms with E-state index >= 15 is 0 Å². The van der Waals surface area contributed by atoms with Crippen LogP contribution in [-0.2, 0) is 0 Å². The number of rotatable bonds is 4. The van der Waals surface area contributed by atoms with Crippen LogP contribution in [0.15, 0.2) is 24.3 Å². The Balaban J connectivity index is 1.83. The van der Waals surface area contributed by atoms with Crippen molar-refractivity contribution in [3.63, 3.8) is 0 Å². The van der Waals surface area contributed by atoms with E-state index < -0.39 is 0 Å². The highest BCUT2D eigenvalue weighted by Crippen LogP contribution is 2.25. The molecule has 1 aliphatic heterocycles. The number of aromatic nitrogens is 2. The molecule has 0 spiro atoms. The molecule has 2 aromatic rings. The Labute approximate surface area is 112 Å². The summed E-state index contributed by atoms with van der Waals surface area (Å²) in [6, 6.07) is 7.70. The van der Waals surface area contributed by atoms with Gasteiger partial charge in [-0.3, -0.25) is 0 Å². The Morgan fingerprint density at radius 3 is 2.58 bits per heavy atom. The van der Waals surface area contributed by atoms with Gasteiger partial charge >= 0.3 is 0 Å². The molecule has 2 heterocycles. The largest absolute Gasteiger partial charge is 0.477 e. The Hall–Kier alpha value is -1.88. The standard InChI is InChI=1S/C14H17N3O2/c1-18-13-14(19-9-10-6-7-15-8-10)17-12-5-3-2-4-11(12)16-13/h2-5,10,15H,6-9H2,1H3/t10-/m1/s1. The summed E-state index contributed by atoms with van der Waals surface area (Å²) in [4.78, 5) is 8.89. The van der Waals surface area contributed by atoms with Gasteiger partial charge in [0.1, 0.15) is 0 Å².